The average Bonchev–Trinajstić information content (AvgIpc) is 3.34. The molecule has 7 heteroatoms. The lowest BCUT2D eigenvalue weighted by molar-refractivity contribution is -0.0898. The summed E-state index contributed by atoms with van der Waals surface area (Å²) in [6, 6.07) is 0. The van der Waals surface area contributed by atoms with Crippen molar-refractivity contribution < 1.29 is 19.5 Å². The maximum absolute atomic E-state index is 15.4. The summed E-state index contributed by atoms with van der Waals surface area (Å²) in [6.07, 6.45) is 5.10. The van der Waals surface area contributed by atoms with Gasteiger partial charge in [0.25, 0.3) is 0 Å². The van der Waals surface area contributed by atoms with Crippen molar-refractivity contribution in [2.45, 2.75) is 83.6 Å². The van der Waals surface area contributed by atoms with E-state index in [0.717, 1.165) is 57.3 Å². The number of oxime groups is 2. The fourth-order valence-corrected chi connectivity index (χ4v) is 7.94. The zero-order valence-electron chi connectivity index (χ0n) is 18.2. The molecule has 9 atom stereocenters. The Morgan fingerprint density at radius 3 is 2.60 bits per heavy atom. The number of aliphatic hydroxyl groups is 1. The zero-order chi connectivity index (χ0) is 21.1. The van der Waals surface area contributed by atoms with Crippen LogP contribution in [0, 0.1) is 34.5 Å². The first-order chi connectivity index (χ1) is 14.4. The summed E-state index contributed by atoms with van der Waals surface area (Å²) in [6.45, 7) is 6.11. The molecule has 1 unspecified atom stereocenters. The van der Waals surface area contributed by atoms with Gasteiger partial charge in [0.05, 0.1) is 17.5 Å². The summed E-state index contributed by atoms with van der Waals surface area (Å²) in [5.41, 5.74) is 0.976. The lowest BCUT2D eigenvalue weighted by Gasteiger charge is -2.60. The van der Waals surface area contributed by atoms with Crippen molar-refractivity contribution in [3.05, 3.63) is 0 Å². The summed E-state index contributed by atoms with van der Waals surface area (Å²) < 4.78 is 15.4. The van der Waals surface area contributed by atoms with Crippen molar-refractivity contribution in [1.29, 1.82) is 0 Å². The number of halogens is 1. The molecule has 0 aromatic carbocycles. The van der Waals surface area contributed by atoms with Gasteiger partial charge < -0.3 is 20.5 Å². The molecule has 0 bridgehead atoms. The minimum absolute atomic E-state index is 0.00971. The van der Waals surface area contributed by atoms with E-state index in [4.69, 9.17) is 4.84 Å². The van der Waals surface area contributed by atoms with E-state index in [1.165, 1.54) is 0 Å². The summed E-state index contributed by atoms with van der Waals surface area (Å²) in [4.78, 5) is 5.64. The minimum Gasteiger partial charge on any atom is -0.411 e. The van der Waals surface area contributed by atoms with Gasteiger partial charge in [0.1, 0.15) is 12.3 Å². The van der Waals surface area contributed by atoms with Gasteiger partial charge in [-0.05, 0) is 73.7 Å². The molecular weight excluding hydrogens is 385 g/mol. The second-order valence-corrected chi connectivity index (χ2v) is 11.0. The van der Waals surface area contributed by atoms with Gasteiger partial charge in [-0.25, -0.2) is 4.39 Å². The van der Waals surface area contributed by atoms with Crippen molar-refractivity contribution in [2.24, 2.45) is 44.8 Å². The van der Waals surface area contributed by atoms with Gasteiger partial charge in [0.2, 0.25) is 0 Å². The molecule has 0 amide bonds. The minimum atomic E-state index is -1.11. The first-order valence-corrected chi connectivity index (χ1v) is 11.8. The van der Waals surface area contributed by atoms with Crippen LogP contribution in [0.2, 0.25) is 0 Å². The predicted molar refractivity (Wildman–Crippen MR) is 112 cm³/mol. The van der Waals surface area contributed by atoms with E-state index < -0.39 is 6.17 Å². The molecule has 1 aliphatic heterocycles. The highest BCUT2D eigenvalue weighted by Crippen LogP contribution is 2.65. The van der Waals surface area contributed by atoms with E-state index in [1.807, 2.05) is 0 Å². The monoisotopic (exact) mass is 421 g/mol. The van der Waals surface area contributed by atoms with E-state index in [-0.39, 0.29) is 29.0 Å². The highest BCUT2D eigenvalue weighted by molar-refractivity contribution is 5.97. The number of aliphatic hydroxyl groups excluding tert-OH is 1. The van der Waals surface area contributed by atoms with Crippen LogP contribution in [-0.2, 0) is 4.84 Å². The van der Waals surface area contributed by atoms with Crippen LogP contribution in [0.15, 0.2) is 10.3 Å². The van der Waals surface area contributed by atoms with E-state index in [1.54, 1.807) is 0 Å². The Hall–Kier alpha value is -1.21. The van der Waals surface area contributed by atoms with Gasteiger partial charge in [-0.2, -0.15) is 0 Å². The van der Waals surface area contributed by atoms with Crippen molar-refractivity contribution in [1.82, 2.24) is 5.32 Å². The summed E-state index contributed by atoms with van der Waals surface area (Å²) in [5.74, 6) is 1.19. The molecule has 0 radical (unpaired) electrons. The Kier molecular flexibility index (Phi) is 5.13. The van der Waals surface area contributed by atoms with Crippen molar-refractivity contribution in [2.75, 3.05) is 13.1 Å². The normalized spacial score (nSPS) is 53.4. The topological polar surface area (TPSA) is 86.4 Å². The van der Waals surface area contributed by atoms with Crippen LogP contribution in [0.25, 0.3) is 0 Å². The fourth-order valence-electron chi connectivity index (χ4n) is 7.94. The Bertz CT molecular complexity index is 739. The molecule has 5 fully saturated rings. The summed E-state index contributed by atoms with van der Waals surface area (Å²) in [7, 11) is 0. The van der Waals surface area contributed by atoms with Gasteiger partial charge in [-0.1, -0.05) is 24.2 Å². The molecule has 3 N–H and O–H groups in total. The number of fused-ring (bicyclic) bond motifs is 5. The van der Waals surface area contributed by atoms with Gasteiger partial charge >= 0.3 is 0 Å². The van der Waals surface area contributed by atoms with Gasteiger partial charge in [0.15, 0.2) is 0 Å². The SMILES string of the molecule is C[C@]12CC[C@H]3[C@@H](C/C(=N\O)C4C/C(=N\O[C@H]5CCNC5)[C@H](F)C[C@@]43C)[C@@H]1CC[C@@H]2O. The van der Waals surface area contributed by atoms with Crippen LogP contribution in [0.3, 0.4) is 0 Å². The third kappa shape index (κ3) is 3.02. The lowest BCUT2D eigenvalue weighted by Crippen LogP contribution is -2.58. The Morgan fingerprint density at radius 1 is 1.07 bits per heavy atom. The standard InChI is InChI=1S/C23H36FN3O3/c1-22-7-5-16-14(15(22)3-4-21(22)28)9-19(26-29)17-10-20(18(24)11-23(16,17)2)27-30-13-6-8-25-12-13/h13-18,21,25,28-29H,3-12H2,1-2H3/b26-19+,27-20+/t13-,14-,15-,16-,17?,18+,21-,22-,23+/m0/s1. The molecule has 4 aliphatic carbocycles. The third-order valence-electron chi connectivity index (χ3n) is 9.73. The van der Waals surface area contributed by atoms with E-state index in [9.17, 15) is 10.3 Å². The largest absolute Gasteiger partial charge is 0.411 e. The Balaban J connectivity index is 1.41. The lowest BCUT2D eigenvalue weighted by atomic mass is 9.44. The molecule has 30 heavy (non-hydrogen) atoms. The first-order valence-electron chi connectivity index (χ1n) is 11.8. The Morgan fingerprint density at radius 2 is 1.87 bits per heavy atom. The first kappa shape index (κ1) is 20.7. The second kappa shape index (κ2) is 7.44. The third-order valence-corrected chi connectivity index (χ3v) is 9.73. The molecule has 0 aromatic heterocycles. The van der Waals surface area contributed by atoms with Crippen LogP contribution in [0.4, 0.5) is 4.39 Å². The molecule has 0 aromatic rings. The summed E-state index contributed by atoms with van der Waals surface area (Å²) >= 11 is 0. The number of nitrogens with zero attached hydrogens (tertiary/aromatic N) is 2. The second-order valence-electron chi connectivity index (χ2n) is 11.0. The average molecular weight is 422 g/mol. The highest BCUT2D eigenvalue weighted by atomic mass is 19.1. The molecule has 1 heterocycles. The number of alkyl halides is 1. The van der Waals surface area contributed by atoms with Gasteiger partial charge in [-0.15, -0.1) is 0 Å². The smallest absolute Gasteiger partial charge is 0.142 e. The molecule has 1 saturated heterocycles. The molecule has 168 valence electrons. The maximum atomic E-state index is 15.4. The molecular formula is C23H36FN3O3. The molecule has 6 nitrogen and oxygen atoms in total. The highest BCUT2D eigenvalue weighted by Gasteiger charge is 2.62. The van der Waals surface area contributed by atoms with Crippen LogP contribution in [0.1, 0.15) is 65.2 Å². The number of rotatable bonds is 2. The molecule has 5 aliphatic rings. The van der Waals surface area contributed by atoms with Crippen LogP contribution < -0.4 is 5.32 Å². The van der Waals surface area contributed by atoms with E-state index in [2.05, 4.69) is 29.5 Å². The molecule has 5 rings (SSSR count). The number of hydrogen-bond acceptors (Lipinski definition) is 6. The summed E-state index contributed by atoms with van der Waals surface area (Å²) in [5, 5.41) is 31.8. The van der Waals surface area contributed by atoms with E-state index in [0.29, 0.717) is 36.3 Å². The number of hydrogen-bond donors (Lipinski definition) is 3. The van der Waals surface area contributed by atoms with Crippen molar-refractivity contribution in [3.63, 3.8) is 0 Å². The zero-order valence-corrected chi connectivity index (χ0v) is 18.2. The maximum Gasteiger partial charge on any atom is 0.142 e. The number of nitrogens with one attached hydrogen (secondary N) is 1. The van der Waals surface area contributed by atoms with Gasteiger partial charge in [0, 0.05) is 25.3 Å². The molecule has 4 saturated carbocycles. The van der Waals surface area contributed by atoms with Crippen molar-refractivity contribution in [3.8, 4) is 0 Å². The quantitative estimate of drug-likeness (QED) is 0.470. The predicted octanol–water partition coefficient (Wildman–Crippen LogP) is 3.51. The van der Waals surface area contributed by atoms with Crippen LogP contribution in [-0.4, -0.2) is 53.2 Å². The molecule has 0 spiro atoms. The van der Waals surface area contributed by atoms with Gasteiger partial charge in [-0.3, -0.25) is 0 Å². The fraction of sp³-hybridized carbons (Fsp3) is 0.913. The van der Waals surface area contributed by atoms with Crippen LogP contribution in [0.5, 0.6) is 0 Å². The Labute approximate surface area is 178 Å². The van der Waals surface area contributed by atoms with E-state index >= 15 is 4.39 Å². The van der Waals surface area contributed by atoms with Crippen LogP contribution >= 0.6 is 0 Å². The van der Waals surface area contributed by atoms with Crippen molar-refractivity contribution >= 4 is 11.4 Å².